The van der Waals surface area contributed by atoms with E-state index in [1.807, 2.05) is 0 Å². The molecule has 1 atom stereocenters. The fraction of sp³-hybridized carbons (Fsp3) is 0.300. The molecule has 0 aromatic heterocycles. The maximum atomic E-state index is 13.1. The predicted octanol–water partition coefficient (Wildman–Crippen LogP) is 2.37. The third-order valence-corrected chi connectivity index (χ3v) is 1.97. The summed E-state index contributed by atoms with van der Waals surface area (Å²) in [7, 11) is 0. The molecule has 1 aromatic rings. The third kappa shape index (κ3) is 2.57. The van der Waals surface area contributed by atoms with Crippen molar-refractivity contribution < 1.29 is 22.4 Å². The Morgan fingerprint density at radius 3 is 2.38 bits per heavy atom. The summed E-state index contributed by atoms with van der Waals surface area (Å²) < 4.78 is 50.0. The number of hydrogen-bond acceptors (Lipinski definition) is 2. The first-order valence-corrected chi connectivity index (χ1v) is 4.40. The van der Waals surface area contributed by atoms with Gasteiger partial charge in [-0.05, 0) is 25.1 Å². The van der Waals surface area contributed by atoms with Crippen LogP contribution in [0.25, 0.3) is 0 Å². The second-order valence-corrected chi connectivity index (χ2v) is 3.35. The van der Waals surface area contributed by atoms with Crippen molar-refractivity contribution in [1.82, 2.24) is 0 Å². The number of nitrogens with two attached hydrogens (primary N) is 1. The highest BCUT2D eigenvalue weighted by atomic mass is 19.4. The molecule has 0 heterocycles. The monoisotopic (exact) mass is 235 g/mol. The van der Waals surface area contributed by atoms with Crippen molar-refractivity contribution in [3.05, 3.63) is 35.1 Å². The second-order valence-electron chi connectivity index (χ2n) is 3.35. The molecule has 0 saturated heterocycles. The van der Waals surface area contributed by atoms with Crippen molar-refractivity contribution in [2.45, 2.75) is 19.1 Å². The molecule has 0 bridgehead atoms. The first-order chi connectivity index (χ1) is 7.23. The Kier molecular flexibility index (Phi) is 3.32. The first-order valence-electron chi connectivity index (χ1n) is 4.40. The van der Waals surface area contributed by atoms with Crippen LogP contribution in [0.3, 0.4) is 0 Å². The van der Waals surface area contributed by atoms with Gasteiger partial charge in [-0.3, -0.25) is 4.79 Å². The zero-order valence-electron chi connectivity index (χ0n) is 8.31. The Bertz CT molecular complexity index is 412. The van der Waals surface area contributed by atoms with Crippen molar-refractivity contribution >= 4 is 5.78 Å². The molecule has 0 aliphatic heterocycles. The number of rotatable bonds is 2. The molecule has 6 heteroatoms. The Morgan fingerprint density at radius 2 is 1.94 bits per heavy atom. The van der Waals surface area contributed by atoms with Gasteiger partial charge in [0.25, 0.3) is 0 Å². The summed E-state index contributed by atoms with van der Waals surface area (Å²) in [4.78, 5) is 11.3. The molecular weight excluding hydrogens is 226 g/mol. The van der Waals surface area contributed by atoms with Gasteiger partial charge < -0.3 is 5.73 Å². The van der Waals surface area contributed by atoms with E-state index in [4.69, 9.17) is 5.73 Å². The van der Waals surface area contributed by atoms with Crippen LogP contribution in [0.5, 0.6) is 0 Å². The molecular formula is C10H9F4NO. The minimum atomic E-state index is -4.61. The maximum absolute atomic E-state index is 13.1. The van der Waals surface area contributed by atoms with Crippen LogP contribution in [-0.4, -0.2) is 11.8 Å². The number of carbonyl (C=O) groups is 1. The molecule has 1 aromatic carbocycles. The van der Waals surface area contributed by atoms with Crippen molar-refractivity contribution in [1.29, 1.82) is 0 Å². The average molecular weight is 235 g/mol. The minimum absolute atomic E-state index is 0.473. The largest absolute Gasteiger partial charge is 0.416 e. The van der Waals surface area contributed by atoms with Gasteiger partial charge in [-0.2, -0.15) is 13.2 Å². The van der Waals surface area contributed by atoms with Crippen LogP contribution in [0.1, 0.15) is 22.8 Å². The number of carbonyl (C=O) groups excluding carboxylic acids is 1. The molecule has 0 aliphatic carbocycles. The second kappa shape index (κ2) is 4.21. The zero-order valence-corrected chi connectivity index (χ0v) is 8.31. The van der Waals surface area contributed by atoms with Crippen LogP contribution < -0.4 is 5.73 Å². The number of ketones is 1. The van der Waals surface area contributed by atoms with E-state index < -0.39 is 34.9 Å². The van der Waals surface area contributed by atoms with Crippen molar-refractivity contribution in [2.75, 3.05) is 0 Å². The minimum Gasteiger partial charge on any atom is -0.321 e. The van der Waals surface area contributed by atoms with Gasteiger partial charge in [0.15, 0.2) is 5.78 Å². The number of hydrogen-bond donors (Lipinski definition) is 1. The highest BCUT2D eigenvalue weighted by molar-refractivity contribution is 6.00. The van der Waals surface area contributed by atoms with Crippen LogP contribution in [-0.2, 0) is 6.18 Å². The van der Waals surface area contributed by atoms with Gasteiger partial charge >= 0.3 is 6.18 Å². The lowest BCUT2D eigenvalue weighted by molar-refractivity contribution is -0.137. The molecule has 0 saturated carbocycles. The van der Waals surface area contributed by atoms with E-state index in [1.165, 1.54) is 6.92 Å². The van der Waals surface area contributed by atoms with E-state index in [-0.39, 0.29) is 0 Å². The number of alkyl halides is 3. The summed E-state index contributed by atoms with van der Waals surface area (Å²) in [6.07, 6.45) is -4.61. The number of halogens is 4. The van der Waals surface area contributed by atoms with E-state index >= 15 is 0 Å². The Morgan fingerprint density at radius 1 is 1.38 bits per heavy atom. The Balaban J connectivity index is 3.25. The van der Waals surface area contributed by atoms with Crippen molar-refractivity contribution in [3.63, 3.8) is 0 Å². The lowest BCUT2D eigenvalue weighted by atomic mass is 10.0. The molecule has 0 aliphatic rings. The molecule has 2 nitrogen and oxygen atoms in total. The van der Waals surface area contributed by atoms with Gasteiger partial charge in [-0.15, -0.1) is 0 Å². The molecule has 88 valence electrons. The Hall–Kier alpha value is -1.43. The maximum Gasteiger partial charge on any atom is 0.416 e. The quantitative estimate of drug-likeness (QED) is 0.631. The molecule has 2 N–H and O–H groups in total. The lowest BCUT2D eigenvalue weighted by Gasteiger charge is -2.10. The van der Waals surface area contributed by atoms with E-state index in [1.54, 1.807) is 0 Å². The highest BCUT2D eigenvalue weighted by Gasteiger charge is 2.32. The topological polar surface area (TPSA) is 43.1 Å². The predicted molar refractivity (Wildman–Crippen MR) is 49.4 cm³/mol. The number of benzene rings is 1. The average Bonchev–Trinajstić information content (AvgIpc) is 2.15. The highest BCUT2D eigenvalue weighted by Crippen LogP contribution is 2.30. The summed E-state index contributed by atoms with van der Waals surface area (Å²) in [6.45, 7) is 1.28. The number of Topliss-reactive ketones (excluding diaryl/α,β-unsaturated/α-hetero) is 1. The van der Waals surface area contributed by atoms with E-state index in [2.05, 4.69) is 0 Å². The summed E-state index contributed by atoms with van der Waals surface area (Å²) in [5.74, 6) is -1.86. The first kappa shape index (κ1) is 12.6. The zero-order chi connectivity index (χ0) is 12.5. The SMILES string of the molecule is CC(N)C(=O)c1cc(C(F)(F)F)ccc1F. The van der Waals surface area contributed by atoms with Crippen molar-refractivity contribution in [3.8, 4) is 0 Å². The smallest absolute Gasteiger partial charge is 0.321 e. The summed E-state index contributed by atoms with van der Waals surface area (Å²) in [5.41, 5.74) is 3.49. The fourth-order valence-corrected chi connectivity index (χ4v) is 1.14. The van der Waals surface area contributed by atoms with Gasteiger partial charge in [0.05, 0.1) is 17.2 Å². The molecule has 1 unspecified atom stereocenters. The molecule has 0 radical (unpaired) electrons. The summed E-state index contributed by atoms with van der Waals surface area (Å²) >= 11 is 0. The standard InChI is InChI=1S/C10H9F4NO/c1-5(15)9(16)7-4-6(10(12,13)14)2-3-8(7)11/h2-5H,15H2,1H3. The normalized spacial score (nSPS) is 13.6. The van der Waals surface area contributed by atoms with Crippen LogP contribution in [0, 0.1) is 5.82 Å². The molecule has 0 amide bonds. The van der Waals surface area contributed by atoms with Crippen LogP contribution in [0.15, 0.2) is 18.2 Å². The van der Waals surface area contributed by atoms with Gasteiger partial charge in [-0.25, -0.2) is 4.39 Å². The van der Waals surface area contributed by atoms with Gasteiger partial charge in [-0.1, -0.05) is 0 Å². The van der Waals surface area contributed by atoms with E-state index in [9.17, 15) is 22.4 Å². The van der Waals surface area contributed by atoms with Gasteiger partial charge in [0, 0.05) is 0 Å². The third-order valence-electron chi connectivity index (χ3n) is 1.97. The molecule has 0 fully saturated rings. The van der Waals surface area contributed by atoms with Crippen LogP contribution in [0.4, 0.5) is 17.6 Å². The van der Waals surface area contributed by atoms with Gasteiger partial charge in [0.2, 0.25) is 0 Å². The fourth-order valence-electron chi connectivity index (χ4n) is 1.14. The van der Waals surface area contributed by atoms with Crippen LogP contribution >= 0.6 is 0 Å². The van der Waals surface area contributed by atoms with Gasteiger partial charge in [0.1, 0.15) is 5.82 Å². The molecule has 1 rings (SSSR count). The summed E-state index contributed by atoms with van der Waals surface area (Å²) in [6, 6.07) is 0.616. The van der Waals surface area contributed by atoms with E-state index in [0.717, 1.165) is 0 Å². The summed E-state index contributed by atoms with van der Waals surface area (Å²) in [5, 5.41) is 0. The lowest BCUT2D eigenvalue weighted by Crippen LogP contribution is -2.27. The molecule has 16 heavy (non-hydrogen) atoms. The van der Waals surface area contributed by atoms with E-state index in [0.29, 0.717) is 18.2 Å². The van der Waals surface area contributed by atoms with Crippen molar-refractivity contribution in [2.24, 2.45) is 5.73 Å². The van der Waals surface area contributed by atoms with Crippen LogP contribution in [0.2, 0.25) is 0 Å². The molecule has 0 spiro atoms. The Labute approximate surface area is 89.1 Å².